The molecule has 8 nitrogen and oxygen atoms in total. The molecule has 0 amide bonds. The van der Waals surface area contributed by atoms with Gasteiger partial charge in [0.1, 0.15) is 5.69 Å². The Hall–Kier alpha value is -1.61. The van der Waals surface area contributed by atoms with Gasteiger partial charge in [-0.05, 0) is 19.1 Å². The zero-order chi connectivity index (χ0) is 16.1. The van der Waals surface area contributed by atoms with Crippen molar-refractivity contribution in [3.05, 3.63) is 16.0 Å². The van der Waals surface area contributed by atoms with Crippen molar-refractivity contribution in [3.8, 4) is 0 Å². The van der Waals surface area contributed by atoms with Gasteiger partial charge in [-0.25, -0.2) is 4.79 Å². The molecule has 0 unspecified atom stereocenters. The average Bonchev–Trinajstić information content (AvgIpc) is 2.53. The second-order valence-electron chi connectivity index (χ2n) is 5.13. The largest absolute Gasteiger partial charge is 0.478 e. The van der Waals surface area contributed by atoms with Crippen molar-refractivity contribution < 1.29 is 14.6 Å². The Bertz CT molecular complexity index is 586. The van der Waals surface area contributed by atoms with Gasteiger partial charge < -0.3 is 9.84 Å². The lowest BCUT2D eigenvalue weighted by Gasteiger charge is -2.22. The number of carboxylic acids is 1. The molecule has 9 heteroatoms. The molecule has 1 saturated carbocycles. The first-order chi connectivity index (χ1) is 10.6. The van der Waals surface area contributed by atoms with Crippen LogP contribution in [0.3, 0.4) is 0 Å². The molecule has 1 heterocycles. The lowest BCUT2D eigenvalue weighted by molar-refractivity contribution is -0.147. The van der Waals surface area contributed by atoms with Gasteiger partial charge in [0.05, 0.1) is 0 Å². The summed E-state index contributed by atoms with van der Waals surface area (Å²) in [4.78, 5) is 23.7. The van der Waals surface area contributed by atoms with Gasteiger partial charge in [-0.1, -0.05) is 31.0 Å². The maximum Gasteiger partial charge on any atom is 0.355 e. The Morgan fingerprint density at radius 3 is 2.64 bits per heavy atom. The van der Waals surface area contributed by atoms with E-state index >= 15 is 0 Å². The number of aromatic nitrogens is 3. The second-order valence-corrected chi connectivity index (χ2v) is 5.90. The number of nitrogens with one attached hydrogen (secondary N) is 1. The first kappa shape index (κ1) is 16.8. The highest BCUT2D eigenvalue weighted by molar-refractivity contribution is 7.98. The van der Waals surface area contributed by atoms with Crippen molar-refractivity contribution in [3.63, 3.8) is 0 Å². The van der Waals surface area contributed by atoms with E-state index in [4.69, 9.17) is 9.84 Å². The molecular formula is C13H20N4O4S. The molecule has 1 aromatic rings. The summed E-state index contributed by atoms with van der Waals surface area (Å²) in [6.07, 6.45) is 5.55. The summed E-state index contributed by atoms with van der Waals surface area (Å²) in [5, 5.41) is 17.5. The number of hydrogen-bond acceptors (Lipinski definition) is 7. The highest BCUT2D eigenvalue weighted by atomic mass is 32.2. The van der Waals surface area contributed by atoms with Crippen molar-refractivity contribution in [2.75, 3.05) is 18.8 Å². The lowest BCUT2D eigenvalue weighted by Crippen LogP contribution is -2.44. The van der Waals surface area contributed by atoms with Gasteiger partial charge in [0, 0.05) is 13.0 Å². The summed E-state index contributed by atoms with van der Waals surface area (Å²) in [5.74, 6) is -1.12. The molecule has 122 valence electrons. The summed E-state index contributed by atoms with van der Waals surface area (Å²) in [6, 6.07) is 0. The monoisotopic (exact) mass is 328 g/mol. The molecule has 1 atom stereocenters. The van der Waals surface area contributed by atoms with Gasteiger partial charge in [0.15, 0.2) is 0 Å². The van der Waals surface area contributed by atoms with Gasteiger partial charge >= 0.3 is 5.97 Å². The summed E-state index contributed by atoms with van der Waals surface area (Å²) < 4.78 is 5.96. The smallest absolute Gasteiger partial charge is 0.355 e. The molecule has 0 aromatic carbocycles. The third kappa shape index (κ3) is 3.58. The fraction of sp³-hybridized carbons (Fsp3) is 0.692. The minimum Gasteiger partial charge on any atom is -0.478 e. The number of carbonyl (C=O) groups is 1. The van der Waals surface area contributed by atoms with Crippen LogP contribution in [0.2, 0.25) is 0 Å². The molecule has 1 aliphatic rings. The van der Waals surface area contributed by atoms with Crippen molar-refractivity contribution in [1.82, 2.24) is 14.9 Å². The minimum absolute atomic E-state index is 0.0866. The number of methoxy groups -OCH3 is 1. The Labute approximate surface area is 132 Å². The van der Waals surface area contributed by atoms with Crippen molar-refractivity contribution in [2.45, 2.75) is 49.4 Å². The van der Waals surface area contributed by atoms with Gasteiger partial charge in [-0.2, -0.15) is 4.68 Å². The number of carboxylic acid groups (broad SMARTS) is 1. The Balaban J connectivity index is 2.37. The number of hydrogen-bond donors (Lipinski definition) is 2. The van der Waals surface area contributed by atoms with E-state index in [0.29, 0.717) is 10.9 Å². The Kier molecular flexibility index (Phi) is 5.78. The summed E-state index contributed by atoms with van der Waals surface area (Å²) in [6.45, 7) is 0. The standard InChI is InChI=1S/C13H20N4O4S/c1-21-10(12(19)20)16-17-11(18)9(14-15-13(17)22-2)8-6-4-3-5-7-8/h8,10,16H,3-7H2,1-2H3,(H,19,20)/t10-/m1/s1. The predicted molar refractivity (Wildman–Crippen MR) is 81.7 cm³/mol. The number of ether oxygens (including phenoxy) is 1. The molecule has 2 N–H and O–H groups in total. The molecule has 1 aliphatic carbocycles. The van der Waals surface area contributed by atoms with Crippen LogP contribution in [0.25, 0.3) is 0 Å². The second kappa shape index (κ2) is 7.59. The summed E-state index contributed by atoms with van der Waals surface area (Å²) in [7, 11) is 1.26. The molecule has 22 heavy (non-hydrogen) atoms. The molecule has 1 fully saturated rings. The molecule has 2 rings (SSSR count). The van der Waals surface area contributed by atoms with Crippen LogP contribution >= 0.6 is 11.8 Å². The van der Waals surface area contributed by atoms with Crippen LogP contribution in [0.1, 0.15) is 43.7 Å². The van der Waals surface area contributed by atoms with E-state index in [1.54, 1.807) is 6.26 Å². The molecular weight excluding hydrogens is 308 g/mol. The summed E-state index contributed by atoms with van der Waals surface area (Å²) in [5.41, 5.74) is 2.60. The highest BCUT2D eigenvalue weighted by Gasteiger charge is 2.25. The minimum atomic E-state index is -1.33. The Morgan fingerprint density at radius 2 is 2.09 bits per heavy atom. The molecule has 0 aliphatic heterocycles. The van der Waals surface area contributed by atoms with Gasteiger partial charge in [-0.15, -0.1) is 10.2 Å². The van der Waals surface area contributed by atoms with Gasteiger partial charge in [-0.3, -0.25) is 10.2 Å². The summed E-state index contributed by atoms with van der Waals surface area (Å²) >= 11 is 1.21. The van der Waals surface area contributed by atoms with E-state index in [2.05, 4.69) is 15.6 Å². The highest BCUT2D eigenvalue weighted by Crippen LogP contribution is 2.29. The molecule has 0 radical (unpaired) electrons. The third-order valence-corrected chi connectivity index (χ3v) is 4.37. The van der Waals surface area contributed by atoms with Crippen LogP contribution in [0.15, 0.2) is 9.95 Å². The average molecular weight is 328 g/mol. The van der Waals surface area contributed by atoms with E-state index in [0.717, 1.165) is 30.4 Å². The van der Waals surface area contributed by atoms with Crippen molar-refractivity contribution in [2.24, 2.45) is 0 Å². The van der Waals surface area contributed by atoms with Crippen molar-refractivity contribution >= 4 is 17.7 Å². The molecule has 0 spiro atoms. The fourth-order valence-electron chi connectivity index (χ4n) is 2.59. The molecule has 1 aromatic heterocycles. The van der Waals surface area contributed by atoms with Crippen LogP contribution in [0.5, 0.6) is 0 Å². The SMILES string of the molecule is CO[C@@H](Nn1c(SC)nnc(C2CCCCC2)c1=O)C(=O)O. The molecule has 0 saturated heterocycles. The van der Waals surface area contributed by atoms with Crippen LogP contribution in [-0.4, -0.2) is 45.5 Å². The quantitative estimate of drug-likeness (QED) is 0.588. The van der Waals surface area contributed by atoms with Gasteiger partial charge in [0.2, 0.25) is 11.4 Å². The first-order valence-electron chi connectivity index (χ1n) is 7.14. The van der Waals surface area contributed by atoms with Crippen LogP contribution in [0.4, 0.5) is 0 Å². The van der Waals surface area contributed by atoms with E-state index in [-0.39, 0.29) is 11.5 Å². The van der Waals surface area contributed by atoms with E-state index < -0.39 is 12.2 Å². The maximum absolute atomic E-state index is 12.7. The van der Waals surface area contributed by atoms with Crippen LogP contribution in [-0.2, 0) is 9.53 Å². The first-order valence-corrected chi connectivity index (χ1v) is 8.36. The van der Waals surface area contributed by atoms with E-state index in [1.165, 1.54) is 25.3 Å². The normalized spacial score (nSPS) is 17.2. The number of rotatable bonds is 6. The maximum atomic E-state index is 12.7. The van der Waals surface area contributed by atoms with E-state index in [1.807, 2.05) is 0 Å². The number of nitrogens with zero attached hydrogens (tertiary/aromatic N) is 3. The van der Waals surface area contributed by atoms with Crippen LogP contribution in [0, 0.1) is 0 Å². The predicted octanol–water partition coefficient (Wildman–Crippen LogP) is 1.01. The fourth-order valence-corrected chi connectivity index (χ4v) is 3.03. The third-order valence-electron chi connectivity index (χ3n) is 3.74. The zero-order valence-electron chi connectivity index (χ0n) is 12.6. The van der Waals surface area contributed by atoms with Crippen molar-refractivity contribution in [1.29, 1.82) is 0 Å². The molecule has 0 bridgehead atoms. The lowest BCUT2D eigenvalue weighted by atomic mass is 9.87. The number of aliphatic carboxylic acids is 1. The number of thioether (sulfide) groups is 1. The van der Waals surface area contributed by atoms with Gasteiger partial charge in [0.25, 0.3) is 5.56 Å². The zero-order valence-corrected chi connectivity index (χ0v) is 13.4. The van der Waals surface area contributed by atoms with Crippen LogP contribution < -0.4 is 11.0 Å². The van der Waals surface area contributed by atoms with E-state index in [9.17, 15) is 9.59 Å². The topological polar surface area (TPSA) is 106 Å². The Morgan fingerprint density at radius 1 is 1.41 bits per heavy atom.